The zero-order chi connectivity index (χ0) is 17.5. The van der Waals surface area contributed by atoms with Gasteiger partial charge < -0.3 is 15.8 Å². The van der Waals surface area contributed by atoms with Crippen LogP contribution in [0.1, 0.15) is 15.9 Å². The lowest BCUT2D eigenvalue weighted by Crippen LogP contribution is -2.21. The third-order valence-electron chi connectivity index (χ3n) is 3.09. The first kappa shape index (κ1) is 17.5. The number of nitrogens with zero attached hydrogens (tertiary/aromatic N) is 1. The fourth-order valence-corrected chi connectivity index (χ4v) is 2.27. The number of nitrogens with one attached hydrogen (secondary N) is 1. The zero-order valence-corrected chi connectivity index (χ0v) is 14.2. The zero-order valence-electron chi connectivity index (χ0n) is 12.6. The number of anilines is 2. The van der Waals surface area contributed by atoms with Crippen molar-refractivity contribution in [2.24, 2.45) is 0 Å². The average Bonchev–Trinajstić information content (AvgIpc) is 2.57. The Morgan fingerprint density at radius 2 is 1.92 bits per heavy atom. The number of hydrogen-bond acceptors (Lipinski definition) is 5. The summed E-state index contributed by atoms with van der Waals surface area (Å²) in [6.45, 7) is -0.426. The minimum absolute atomic E-state index is 0.193. The smallest absolute Gasteiger partial charge is 0.340 e. The summed E-state index contributed by atoms with van der Waals surface area (Å²) in [5, 5.41) is 11.2. The van der Waals surface area contributed by atoms with E-state index in [0.29, 0.717) is 16.6 Å². The van der Waals surface area contributed by atoms with Gasteiger partial charge in [0.05, 0.1) is 18.1 Å². The van der Waals surface area contributed by atoms with Crippen LogP contribution < -0.4 is 11.1 Å². The highest BCUT2D eigenvalue weighted by Crippen LogP contribution is 2.19. The molecule has 2 rings (SSSR count). The molecule has 24 heavy (non-hydrogen) atoms. The monoisotopic (exact) mass is 387 g/mol. The second-order valence-corrected chi connectivity index (χ2v) is 5.80. The van der Waals surface area contributed by atoms with Crippen LogP contribution in [0.2, 0.25) is 0 Å². The van der Waals surface area contributed by atoms with Crippen molar-refractivity contribution in [2.75, 3.05) is 17.7 Å². The van der Waals surface area contributed by atoms with Gasteiger partial charge in [0.15, 0.2) is 6.61 Å². The number of halogens is 1. The molecule has 0 saturated heterocycles. The Hall–Kier alpha value is -2.85. The number of nitrogen functional groups attached to an aromatic ring is 1. The van der Waals surface area contributed by atoms with E-state index in [1.54, 1.807) is 36.4 Å². The van der Waals surface area contributed by atoms with E-state index in [2.05, 4.69) is 21.2 Å². The second kappa shape index (κ2) is 8.13. The van der Waals surface area contributed by atoms with Gasteiger partial charge in [-0.25, -0.2) is 4.79 Å². The Balaban J connectivity index is 1.89. The Labute approximate surface area is 147 Å². The van der Waals surface area contributed by atoms with Crippen molar-refractivity contribution >= 4 is 39.2 Å². The number of ether oxygens (including phenoxy) is 1. The lowest BCUT2D eigenvalue weighted by Gasteiger charge is -2.08. The maximum absolute atomic E-state index is 12.0. The molecule has 2 aromatic carbocycles. The Bertz CT molecular complexity index is 798. The standard InChI is InChI=1S/C17H14BrN3O3/c18-12-3-6-15(20)14(9-12)17(23)24-10-16(22)21-13-4-1-11(2-5-13)7-8-19/h1-6,9H,7,10,20H2,(H,21,22). The molecule has 0 heterocycles. The fourth-order valence-electron chi connectivity index (χ4n) is 1.91. The molecule has 122 valence electrons. The summed E-state index contributed by atoms with van der Waals surface area (Å²) in [5.74, 6) is -1.14. The molecule has 0 atom stereocenters. The van der Waals surface area contributed by atoms with Crippen LogP contribution in [0.3, 0.4) is 0 Å². The van der Waals surface area contributed by atoms with Crippen molar-refractivity contribution in [1.29, 1.82) is 5.26 Å². The third-order valence-corrected chi connectivity index (χ3v) is 3.58. The minimum atomic E-state index is -0.673. The van der Waals surface area contributed by atoms with E-state index in [0.717, 1.165) is 5.56 Å². The van der Waals surface area contributed by atoms with Gasteiger partial charge >= 0.3 is 5.97 Å². The number of esters is 1. The first-order valence-corrected chi connectivity index (χ1v) is 7.77. The Morgan fingerprint density at radius 3 is 2.58 bits per heavy atom. The van der Waals surface area contributed by atoms with Gasteiger partial charge in [0, 0.05) is 15.8 Å². The fraction of sp³-hybridized carbons (Fsp3) is 0.118. The maximum atomic E-state index is 12.0. The van der Waals surface area contributed by atoms with Gasteiger partial charge in [0.2, 0.25) is 0 Å². The van der Waals surface area contributed by atoms with Crippen molar-refractivity contribution in [2.45, 2.75) is 6.42 Å². The topological polar surface area (TPSA) is 105 Å². The van der Waals surface area contributed by atoms with E-state index in [1.807, 2.05) is 6.07 Å². The molecule has 0 aliphatic heterocycles. The average molecular weight is 388 g/mol. The molecule has 0 fully saturated rings. The van der Waals surface area contributed by atoms with Crippen molar-refractivity contribution in [3.63, 3.8) is 0 Å². The van der Waals surface area contributed by atoms with Crippen molar-refractivity contribution < 1.29 is 14.3 Å². The largest absolute Gasteiger partial charge is 0.452 e. The Kier molecular flexibility index (Phi) is 5.93. The number of carbonyl (C=O) groups is 2. The van der Waals surface area contributed by atoms with Crippen molar-refractivity contribution in [1.82, 2.24) is 0 Å². The highest BCUT2D eigenvalue weighted by molar-refractivity contribution is 9.10. The van der Waals surface area contributed by atoms with Gasteiger partial charge in [-0.3, -0.25) is 4.79 Å². The molecular weight excluding hydrogens is 374 g/mol. The number of rotatable bonds is 5. The number of hydrogen-bond donors (Lipinski definition) is 2. The normalized spacial score (nSPS) is 9.83. The summed E-state index contributed by atoms with van der Waals surface area (Å²) in [5.41, 5.74) is 7.59. The van der Waals surface area contributed by atoms with E-state index in [9.17, 15) is 9.59 Å². The number of amides is 1. The molecular formula is C17H14BrN3O3. The van der Waals surface area contributed by atoms with E-state index < -0.39 is 18.5 Å². The summed E-state index contributed by atoms with van der Waals surface area (Å²) in [6, 6.07) is 13.7. The SMILES string of the molecule is N#CCc1ccc(NC(=O)COC(=O)c2cc(Br)ccc2N)cc1. The predicted molar refractivity (Wildman–Crippen MR) is 93.2 cm³/mol. The number of benzene rings is 2. The van der Waals surface area contributed by atoms with Crippen molar-refractivity contribution in [3.8, 4) is 6.07 Å². The lowest BCUT2D eigenvalue weighted by atomic mass is 10.1. The van der Waals surface area contributed by atoms with Gasteiger partial charge in [0.1, 0.15) is 0 Å². The summed E-state index contributed by atoms with van der Waals surface area (Å²) in [6.07, 6.45) is 0.305. The third kappa shape index (κ3) is 4.83. The van der Waals surface area contributed by atoms with E-state index in [-0.39, 0.29) is 11.3 Å². The minimum Gasteiger partial charge on any atom is -0.452 e. The summed E-state index contributed by atoms with van der Waals surface area (Å²) in [7, 11) is 0. The van der Waals surface area contributed by atoms with Crippen LogP contribution in [0.25, 0.3) is 0 Å². The molecule has 0 spiro atoms. The quantitative estimate of drug-likeness (QED) is 0.605. The van der Waals surface area contributed by atoms with Crippen molar-refractivity contribution in [3.05, 3.63) is 58.1 Å². The number of nitrogens with two attached hydrogens (primary N) is 1. The molecule has 2 aromatic rings. The molecule has 0 unspecified atom stereocenters. The van der Waals surface area contributed by atoms with Gasteiger partial charge in [-0.2, -0.15) is 5.26 Å². The molecule has 0 radical (unpaired) electrons. The molecule has 7 heteroatoms. The molecule has 0 saturated carbocycles. The van der Waals surface area contributed by atoms with E-state index >= 15 is 0 Å². The Morgan fingerprint density at radius 1 is 1.21 bits per heavy atom. The molecule has 6 nitrogen and oxygen atoms in total. The molecule has 0 aromatic heterocycles. The van der Waals surface area contributed by atoms with Crippen LogP contribution in [0, 0.1) is 11.3 Å². The van der Waals surface area contributed by atoms with Crippen LogP contribution in [-0.2, 0) is 16.0 Å². The van der Waals surface area contributed by atoms with E-state index in [1.165, 1.54) is 6.07 Å². The van der Waals surface area contributed by atoms with Crippen LogP contribution in [0.15, 0.2) is 46.9 Å². The lowest BCUT2D eigenvalue weighted by molar-refractivity contribution is -0.119. The molecule has 0 aliphatic rings. The summed E-state index contributed by atoms with van der Waals surface area (Å²) >= 11 is 3.24. The molecule has 0 bridgehead atoms. The first-order valence-electron chi connectivity index (χ1n) is 6.97. The van der Waals surface area contributed by atoms with Crippen LogP contribution in [-0.4, -0.2) is 18.5 Å². The van der Waals surface area contributed by atoms with Gasteiger partial charge in [-0.15, -0.1) is 0 Å². The summed E-state index contributed by atoms with van der Waals surface area (Å²) < 4.78 is 5.65. The second-order valence-electron chi connectivity index (χ2n) is 4.89. The highest BCUT2D eigenvalue weighted by Gasteiger charge is 2.14. The molecule has 0 aliphatic carbocycles. The molecule has 3 N–H and O–H groups in total. The van der Waals surface area contributed by atoms with Gasteiger partial charge in [-0.05, 0) is 35.9 Å². The maximum Gasteiger partial charge on any atom is 0.340 e. The van der Waals surface area contributed by atoms with Gasteiger partial charge in [0.25, 0.3) is 5.91 Å². The summed E-state index contributed by atoms with van der Waals surface area (Å²) in [4.78, 5) is 23.8. The highest BCUT2D eigenvalue weighted by atomic mass is 79.9. The first-order chi connectivity index (χ1) is 11.5. The number of nitriles is 1. The predicted octanol–water partition coefficient (Wildman–Crippen LogP) is 2.89. The van der Waals surface area contributed by atoms with Crippen LogP contribution >= 0.6 is 15.9 Å². The molecule has 1 amide bonds. The number of carbonyl (C=O) groups excluding carboxylic acids is 2. The van der Waals surface area contributed by atoms with E-state index in [4.69, 9.17) is 15.7 Å². The van der Waals surface area contributed by atoms with Crippen LogP contribution in [0.5, 0.6) is 0 Å². The van der Waals surface area contributed by atoms with Gasteiger partial charge in [-0.1, -0.05) is 28.1 Å². The van der Waals surface area contributed by atoms with Crippen LogP contribution in [0.4, 0.5) is 11.4 Å².